The number of benzene rings is 2. The van der Waals surface area contributed by atoms with Gasteiger partial charge < -0.3 is 23.7 Å². The van der Waals surface area contributed by atoms with Crippen LogP contribution < -0.4 is 9.47 Å². The zero-order chi connectivity index (χ0) is 18.4. The van der Waals surface area contributed by atoms with Crippen molar-refractivity contribution in [2.75, 3.05) is 27.4 Å². The first kappa shape index (κ1) is 18.2. The Hall–Kier alpha value is -2.57. The fraction of sp³-hybridized carbons (Fsp3) is 0.350. The van der Waals surface area contributed by atoms with E-state index in [2.05, 4.69) is 0 Å². The topological polar surface area (TPSA) is 63.2 Å². The third-order valence-electron chi connectivity index (χ3n) is 4.08. The summed E-state index contributed by atoms with van der Waals surface area (Å²) in [6.45, 7) is 1.48. The molecule has 0 bridgehead atoms. The summed E-state index contributed by atoms with van der Waals surface area (Å²) < 4.78 is 27.1. The number of methoxy groups -OCH3 is 2. The Bertz CT molecular complexity index is 734. The number of hydrogen-bond donors (Lipinski definition) is 0. The van der Waals surface area contributed by atoms with Crippen LogP contribution in [0.3, 0.4) is 0 Å². The SMILES string of the molecule is COC(=O)Cc1ccc(C2OCCO2)c(OCc2ccc(OC)cc2)c1. The maximum Gasteiger partial charge on any atom is 0.309 e. The summed E-state index contributed by atoms with van der Waals surface area (Å²) in [5.41, 5.74) is 2.62. The Morgan fingerprint density at radius 2 is 1.73 bits per heavy atom. The lowest BCUT2D eigenvalue weighted by molar-refractivity contribution is -0.139. The zero-order valence-electron chi connectivity index (χ0n) is 14.9. The normalized spacial score (nSPS) is 14.2. The second kappa shape index (κ2) is 8.69. The van der Waals surface area contributed by atoms with Crippen LogP contribution in [0, 0.1) is 0 Å². The maximum atomic E-state index is 11.5. The number of esters is 1. The van der Waals surface area contributed by atoms with Crippen LogP contribution in [0.4, 0.5) is 0 Å². The van der Waals surface area contributed by atoms with Gasteiger partial charge >= 0.3 is 5.97 Å². The van der Waals surface area contributed by atoms with E-state index in [0.29, 0.717) is 25.6 Å². The Balaban J connectivity index is 1.78. The predicted octanol–water partition coefficient (Wildman–Crippen LogP) is 3.04. The van der Waals surface area contributed by atoms with Crippen LogP contribution in [0.2, 0.25) is 0 Å². The van der Waals surface area contributed by atoms with E-state index in [4.69, 9.17) is 23.7 Å². The van der Waals surface area contributed by atoms with Crippen molar-refractivity contribution in [2.45, 2.75) is 19.3 Å². The minimum absolute atomic E-state index is 0.183. The van der Waals surface area contributed by atoms with E-state index in [1.807, 2.05) is 42.5 Å². The molecule has 0 aromatic heterocycles. The van der Waals surface area contributed by atoms with Gasteiger partial charge in [0, 0.05) is 5.56 Å². The van der Waals surface area contributed by atoms with Gasteiger partial charge in [-0.3, -0.25) is 4.79 Å². The van der Waals surface area contributed by atoms with Gasteiger partial charge in [0.1, 0.15) is 18.1 Å². The molecule has 3 rings (SSSR count). The van der Waals surface area contributed by atoms with Crippen molar-refractivity contribution in [1.82, 2.24) is 0 Å². The number of rotatable bonds is 7. The first-order chi connectivity index (χ1) is 12.7. The van der Waals surface area contributed by atoms with Gasteiger partial charge in [-0.2, -0.15) is 0 Å². The van der Waals surface area contributed by atoms with Gasteiger partial charge in [-0.1, -0.05) is 18.2 Å². The molecular weight excluding hydrogens is 336 g/mol. The first-order valence-electron chi connectivity index (χ1n) is 8.38. The maximum absolute atomic E-state index is 11.5. The van der Waals surface area contributed by atoms with Gasteiger partial charge in [0.2, 0.25) is 0 Å². The molecule has 0 amide bonds. The molecule has 1 heterocycles. The van der Waals surface area contributed by atoms with Crippen LogP contribution in [0.25, 0.3) is 0 Å². The summed E-state index contributed by atoms with van der Waals surface area (Å²) in [5, 5.41) is 0. The van der Waals surface area contributed by atoms with E-state index < -0.39 is 6.29 Å². The van der Waals surface area contributed by atoms with Crippen molar-refractivity contribution in [3.8, 4) is 11.5 Å². The van der Waals surface area contributed by atoms with Gasteiger partial charge in [0.05, 0.1) is 33.9 Å². The van der Waals surface area contributed by atoms with Crippen molar-refractivity contribution in [2.24, 2.45) is 0 Å². The smallest absolute Gasteiger partial charge is 0.309 e. The zero-order valence-corrected chi connectivity index (χ0v) is 14.9. The van der Waals surface area contributed by atoms with Crippen LogP contribution in [0.1, 0.15) is 23.0 Å². The number of hydrogen-bond acceptors (Lipinski definition) is 6. The van der Waals surface area contributed by atoms with Crippen molar-refractivity contribution in [1.29, 1.82) is 0 Å². The minimum atomic E-state index is -0.451. The summed E-state index contributed by atoms with van der Waals surface area (Å²) in [4.78, 5) is 11.5. The van der Waals surface area contributed by atoms with Gasteiger partial charge in [0.25, 0.3) is 0 Å². The van der Waals surface area contributed by atoms with Crippen molar-refractivity contribution in [3.05, 3.63) is 59.2 Å². The second-order valence-electron chi connectivity index (χ2n) is 5.84. The molecule has 2 aromatic carbocycles. The summed E-state index contributed by atoms with van der Waals surface area (Å²) in [6.07, 6.45) is -0.268. The lowest BCUT2D eigenvalue weighted by atomic mass is 10.1. The van der Waals surface area contributed by atoms with E-state index in [1.165, 1.54) is 7.11 Å². The Labute approximate surface area is 152 Å². The lowest BCUT2D eigenvalue weighted by Gasteiger charge is -2.17. The standard InChI is InChI=1S/C20H22O6/c1-22-16-6-3-14(4-7-16)13-26-18-11-15(12-19(21)23-2)5-8-17(18)20-24-9-10-25-20/h3-8,11,20H,9-10,12-13H2,1-2H3. The van der Waals surface area contributed by atoms with Crippen LogP contribution >= 0.6 is 0 Å². The molecule has 6 nitrogen and oxygen atoms in total. The third kappa shape index (κ3) is 4.53. The molecule has 1 fully saturated rings. The highest BCUT2D eigenvalue weighted by molar-refractivity contribution is 5.72. The number of ether oxygens (including phenoxy) is 5. The number of carbonyl (C=O) groups is 1. The van der Waals surface area contributed by atoms with Gasteiger partial charge in [-0.05, 0) is 35.4 Å². The van der Waals surface area contributed by atoms with Gasteiger partial charge in [0.15, 0.2) is 6.29 Å². The molecule has 0 unspecified atom stereocenters. The molecule has 26 heavy (non-hydrogen) atoms. The molecule has 1 aliphatic rings. The van der Waals surface area contributed by atoms with Crippen LogP contribution in [-0.2, 0) is 32.0 Å². The largest absolute Gasteiger partial charge is 0.497 e. The quantitative estimate of drug-likeness (QED) is 0.709. The molecule has 0 atom stereocenters. The highest BCUT2D eigenvalue weighted by Crippen LogP contribution is 2.33. The van der Waals surface area contributed by atoms with E-state index in [1.54, 1.807) is 7.11 Å². The third-order valence-corrected chi connectivity index (χ3v) is 4.08. The van der Waals surface area contributed by atoms with Gasteiger partial charge in [-0.25, -0.2) is 0 Å². The Morgan fingerprint density at radius 1 is 1.04 bits per heavy atom. The van der Waals surface area contributed by atoms with E-state index in [0.717, 1.165) is 22.4 Å². The van der Waals surface area contributed by atoms with Crippen LogP contribution in [-0.4, -0.2) is 33.4 Å². The average molecular weight is 358 g/mol. The molecule has 2 aromatic rings. The second-order valence-corrected chi connectivity index (χ2v) is 5.84. The van der Waals surface area contributed by atoms with Gasteiger partial charge in [-0.15, -0.1) is 0 Å². The molecule has 6 heteroatoms. The molecule has 1 saturated heterocycles. The first-order valence-corrected chi connectivity index (χ1v) is 8.38. The lowest BCUT2D eigenvalue weighted by Crippen LogP contribution is -2.08. The highest BCUT2D eigenvalue weighted by atomic mass is 16.7. The molecular formula is C20H22O6. The molecule has 0 N–H and O–H groups in total. The van der Waals surface area contributed by atoms with Crippen molar-refractivity contribution in [3.63, 3.8) is 0 Å². The molecule has 1 aliphatic heterocycles. The van der Waals surface area contributed by atoms with E-state index in [-0.39, 0.29) is 12.4 Å². The molecule has 0 saturated carbocycles. The average Bonchev–Trinajstić information content (AvgIpc) is 3.21. The summed E-state index contributed by atoms with van der Waals surface area (Å²) in [5.74, 6) is 1.13. The fourth-order valence-corrected chi connectivity index (χ4v) is 2.67. The Kier molecular flexibility index (Phi) is 6.09. The van der Waals surface area contributed by atoms with Crippen LogP contribution in [0.5, 0.6) is 11.5 Å². The fourth-order valence-electron chi connectivity index (χ4n) is 2.67. The van der Waals surface area contributed by atoms with Crippen molar-refractivity contribution >= 4 is 5.97 Å². The van der Waals surface area contributed by atoms with Crippen molar-refractivity contribution < 1.29 is 28.5 Å². The number of carbonyl (C=O) groups excluding carboxylic acids is 1. The molecule has 138 valence electrons. The summed E-state index contributed by atoms with van der Waals surface area (Å²) >= 11 is 0. The highest BCUT2D eigenvalue weighted by Gasteiger charge is 2.23. The minimum Gasteiger partial charge on any atom is -0.497 e. The molecule has 0 radical (unpaired) electrons. The molecule has 0 spiro atoms. The van der Waals surface area contributed by atoms with E-state index in [9.17, 15) is 4.79 Å². The summed E-state index contributed by atoms with van der Waals surface area (Å²) in [7, 11) is 3.00. The van der Waals surface area contributed by atoms with Crippen LogP contribution in [0.15, 0.2) is 42.5 Å². The summed E-state index contributed by atoms with van der Waals surface area (Å²) in [6, 6.07) is 13.2. The molecule has 0 aliphatic carbocycles. The predicted molar refractivity (Wildman–Crippen MR) is 94.1 cm³/mol. The Morgan fingerprint density at radius 3 is 2.38 bits per heavy atom. The van der Waals surface area contributed by atoms with E-state index >= 15 is 0 Å². The monoisotopic (exact) mass is 358 g/mol.